The fourth-order valence-electron chi connectivity index (χ4n) is 2.27. The van der Waals surface area contributed by atoms with Gasteiger partial charge in [0.25, 0.3) is 0 Å². The Hall–Kier alpha value is -2.34. The molecule has 1 aromatic carbocycles. The number of ether oxygens (including phenoxy) is 2. The second-order valence-electron chi connectivity index (χ2n) is 5.35. The number of esters is 1. The van der Waals surface area contributed by atoms with Crippen LogP contribution >= 0.6 is 11.6 Å². The summed E-state index contributed by atoms with van der Waals surface area (Å²) >= 11 is 5.96. The van der Waals surface area contributed by atoms with Crippen molar-refractivity contribution in [3.63, 3.8) is 0 Å². The van der Waals surface area contributed by atoms with E-state index < -0.39 is 11.8 Å². The molecule has 0 bridgehead atoms. The summed E-state index contributed by atoms with van der Waals surface area (Å²) in [5, 5.41) is 8.63. The summed E-state index contributed by atoms with van der Waals surface area (Å²) in [6.07, 6.45) is 1.63. The first-order chi connectivity index (χ1) is 10.4. The lowest BCUT2D eigenvalue weighted by Gasteiger charge is -2.31. The molecule has 0 atom stereocenters. The van der Waals surface area contributed by atoms with Crippen LogP contribution in [-0.2, 0) is 14.3 Å². The largest absolute Gasteiger partial charge is 0.456 e. The average molecular weight is 320 g/mol. The van der Waals surface area contributed by atoms with E-state index in [-0.39, 0.29) is 5.57 Å². The normalized spacial score (nSPS) is 17.2. The van der Waals surface area contributed by atoms with Crippen LogP contribution in [0, 0.1) is 0 Å². The fourth-order valence-corrected chi connectivity index (χ4v) is 2.45. The van der Waals surface area contributed by atoms with E-state index in [4.69, 9.17) is 21.1 Å². The summed E-state index contributed by atoms with van der Waals surface area (Å²) in [6.45, 7) is 5.05. The van der Waals surface area contributed by atoms with Gasteiger partial charge < -0.3 is 9.47 Å². The van der Waals surface area contributed by atoms with Gasteiger partial charge in [0.1, 0.15) is 17.0 Å². The third-order valence-corrected chi connectivity index (χ3v) is 3.35. The molecule has 0 fully saturated rings. The van der Waals surface area contributed by atoms with Crippen molar-refractivity contribution in [1.82, 2.24) is 15.0 Å². The summed E-state index contributed by atoms with van der Waals surface area (Å²) in [4.78, 5) is 12.2. The number of allylic oxidation sites excluding steroid dienone is 1. The summed E-state index contributed by atoms with van der Waals surface area (Å²) < 4.78 is 12.3. The summed E-state index contributed by atoms with van der Waals surface area (Å²) in [7, 11) is 0. The van der Waals surface area contributed by atoms with Gasteiger partial charge in [-0.3, -0.25) is 0 Å². The minimum Gasteiger partial charge on any atom is -0.456 e. The maximum Gasteiger partial charge on any atom is 0.347 e. The molecule has 1 aliphatic heterocycles. The van der Waals surface area contributed by atoms with Gasteiger partial charge in [-0.2, -0.15) is 0 Å². The lowest BCUT2D eigenvalue weighted by Crippen LogP contribution is -2.35. The number of benzene rings is 1. The van der Waals surface area contributed by atoms with Crippen molar-refractivity contribution < 1.29 is 14.3 Å². The maximum atomic E-state index is 12.2. The van der Waals surface area contributed by atoms with Gasteiger partial charge in [0.2, 0.25) is 5.79 Å². The van der Waals surface area contributed by atoms with E-state index in [1.807, 2.05) is 12.1 Å². The van der Waals surface area contributed by atoms with Crippen LogP contribution in [0.2, 0.25) is 5.02 Å². The SMILES string of the molecule is CC1=C(c2cn(-c3cccc(Cl)c3)nn2)C(=O)OC(C)(C)O1. The predicted octanol–water partition coefficient (Wildman–Crippen LogP) is 2.96. The van der Waals surface area contributed by atoms with Crippen LogP contribution in [0.25, 0.3) is 11.3 Å². The Morgan fingerprint density at radius 2 is 2.05 bits per heavy atom. The highest BCUT2D eigenvalue weighted by molar-refractivity contribution is 6.30. The van der Waals surface area contributed by atoms with Crippen LogP contribution in [0.5, 0.6) is 0 Å². The smallest absolute Gasteiger partial charge is 0.347 e. The van der Waals surface area contributed by atoms with Crippen molar-refractivity contribution in [3.05, 3.63) is 46.9 Å². The minimum atomic E-state index is -0.979. The zero-order valence-corrected chi connectivity index (χ0v) is 13.1. The first-order valence-electron chi connectivity index (χ1n) is 6.68. The van der Waals surface area contributed by atoms with Crippen LogP contribution in [0.3, 0.4) is 0 Å². The second-order valence-corrected chi connectivity index (χ2v) is 5.79. The van der Waals surface area contributed by atoms with Gasteiger partial charge in [0, 0.05) is 18.9 Å². The molecule has 6 nitrogen and oxygen atoms in total. The van der Waals surface area contributed by atoms with E-state index in [1.165, 1.54) is 4.68 Å². The van der Waals surface area contributed by atoms with Gasteiger partial charge in [-0.05, 0) is 25.1 Å². The van der Waals surface area contributed by atoms with E-state index in [2.05, 4.69) is 10.3 Å². The molecule has 0 N–H and O–H groups in total. The van der Waals surface area contributed by atoms with E-state index in [1.54, 1.807) is 39.1 Å². The van der Waals surface area contributed by atoms with Crippen molar-refractivity contribution in [2.45, 2.75) is 26.6 Å². The molecular weight excluding hydrogens is 306 g/mol. The number of carbonyl (C=O) groups is 1. The lowest BCUT2D eigenvalue weighted by molar-refractivity contribution is -0.202. The molecule has 0 aliphatic carbocycles. The summed E-state index contributed by atoms with van der Waals surface area (Å²) in [5.74, 6) is -1.00. The lowest BCUT2D eigenvalue weighted by atomic mass is 10.1. The number of nitrogens with zero attached hydrogens (tertiary/aromatic N) is 3. The zero-order chi connectivity index (χ0) is 15.9. The van der Waals surface area contributed by atoms with Crippen LogP contribution in [0.1, 0.15) is 26.5 Å². The zero-order valence-electron chi connectivity index (χ0n) is 12.3. The Bertz CT molecular complexity index is 780. The molecule has 2 heterocycles. The third kappa shape index (κ3) is 2.69. The number of cyclic esters (lactones) is 1. The van der Waals surface area contributed by atoms with E-state index >= 15 is 0 Å². The topological polar surface area (TPSA) is 66.2 Å². The number of rotatable bonds is 2. The highest BCUT2D eigenvalue weighted by Gasteiger charge is 2.36. The van der Waals surface area contributed by atoms with E-state index in [0.717, 1.165) is 5.69 Å². The second kappa shape index (κ2) is 5.14. The van der Waals surface area contributed by atoms with Gasteiger partial charge >= 0.3 is 5.97 Å². The fraction of sp³-hybridized carbons (Fsp3) is 0.267. The number of halogens is 1. The highest BCUT2D eigenvalue weighted by atomic mass is 35.5. The number of hydrogen-bond donors (Lipinski definition) is 0. The minimum absolute atomic E-state index is 0.271. The van der Waals surface area contributed by atoms with Crippen molar-refractivity contribution in [2.75, 3.05) is 0 Å². The Morgan fingerprint density at radius 1 is 1.27 bits per heavy atom. The van der Waals surface area contributed by atoms with Crippen molar-refractivity contribution in [2.24, 2.45) is 0 Å². The van der Waals surface area contributed by atoms with Crippen molar-refractivity contribution in [3.8, 4) is 5.69 Å². The molecule has 0 amide bonds. The molecule has 3 rings (SSSR count). The number of hydrogen-bond acceptors (Lipinski definition) is 5. The van der Waals surface area contributed by atoms with Gasteiger partial charge in [-0.15, -0.1) is 5.10 Å². The maximum absolute atomic E-state index is 12.2. The Kier molecular flexibility index (Phi) is 3.41. The Morgan fingerprint density at radius 3 is 2.73 bits per heavy atom. The number of aromatic nitrogens is 3. The number of carbonyl (C=O) groups excluding carboxylic acids is 1. The Balaban J connectivity index is 1.99. The van der Waals surface area contributed by atoms with Crippen LogP contribution < -0.4 is 0 Å². The monoisotopic (exact) mass is 319 g/mol. The first kappa shape index (κ1) is 14.6. The highest BCUT2D eigenvalue weighted by Crippen LogP contribution is 2.31. The molecule has 0 unspecified atom stereocenters. The van der Waals surface area contributed by atoms with Crippen LogP contribution in [0.15, 0.2) is 36.2 Å². The molecule has 1 aromatic heterocycles. The first-order valence-corrected chi connectivity index (χ1v) is 7.05. The summed E-state index contributed by atoms with van der Waals surface area (Å²) in [6, 6.07) is 7.17. The van der Waals surface area contributed by atoms with Gasteiger partial charge in [-0.25, -0.2) is 9.48 Å². The quantitative estimate of drug-likeness (QED) is 0.796. The molecule has 0 radical (unpaired) electrons. The third-order valence-electron chi connectivity index (χ3n) is 3.12. The molecule has 0 spiro atoms. The molecule has 0 saturated carbocycles. The Labute approximate surface area is 132 Å². The molecule has 7 heteroatoms. The molecule has 0 saturated heterocycles. The van der Waals surface area contributed by atoms with Crippen molar-refractivity contribution >= 4 is 23.1 Å². The predicted molar refractivity (Wildman–Crippen MR) is 80.2 cm³/mol. The van der Waals surface area contributed by atoms with Crippen LogP contribution in [0.4, 0.5) is 0 Å². The van der Waals surface area contributed by atoms with Gasteiger partial charge in [0.15, 0.2) is 0 Å². The summed E-state index contributed by atoms with van der Waals surface area (Å²) in [5.41, 5.74) is 1.40. The van der Waals surface area contributed by atoms with E-state index in [0.29, 0.717) is 16.5 Å². The van der Waals surface area contributed by atoms with Crippen molar-refractivity contribution in [1.29, 1.82) is 0 Å². The van der Waals surface area contributed by atoms with E-state index in [9.17, 15) is 4.79 Å². The average Bonchev–Trinajstić information content (AvgIpc) is 2.85. The molecule has 1 aliphatic rings. The standard InChI is InChI=1S/C15H14ClN3O3/c1-9-13(14(20)22-15(2,3)21-9)12-8-19(18-17-12)11-6-4-5-10(16)7-11/h4-8H,1-3H3. The molecule has 22 heavy (non-hydrogen) atoms. The van der Waals surface area contributed by atoms with Crippen LogP contribution in [-0.4, -0.2) is 26.8 Å². The molecular formula is C15H14ClN3O3. The molecule has 2 aromatic rings. The molecule has 114 valence electrons. The van der Waals surface area contributed by atoms with Gasteiger partial charge in [0.05, 0.1) is 11.9 Å². The van der Waals surface area contributed by atoms with Gasteiger partial charge in [-0.1, -0.05) is 22.9 Å².